The summed E-state index contributed by atoms with van der Waals surface area (Å²) in [5.74, 6) is 0.747. The maximum absolute atomic E-state index is 11.9. The number of aromatic nitrogens is 1. The van der Waals surface area contributed by atoms with Gasteiger partial charge in [-0.05, 0) is 32.4 Å². The lowest BCUT2D eigenvalue weighted by Crippen LogP contribution is -2.30. The quantitative estimate of drug-likeness (QED) is 0.751. The molecule has 2 rings (SSSR count). The molecule has 1 aliphatic rings. The van der Waals surface area contributed by atoms with Gasteiger partial charge in [0.2, 0.25) is 5.91 Å². The van der Waals surface area contributed by atoms with Crippen molar-refractivity contribution in [3.05, 3.63) is 30.1 Å². The zero-order chi connectivity index (χ0) is 13.7. The van der Waals surface area contributed by atoms with E-state index in [2.05, 4.69) is 4.98 Å². The number of amides is 1. The fourth-order valence-electron chi connectivity index (χ4n) is 2.02. The van der Waals surface area contributed by atoms with E-state index in [1.165, 1.54) is 0 Å². The summed E-state index contributed by atoms with van der Waals surface area (Å²) >= 11 is 1.65. The largest absolute Gasteiger partial charge is 0.379 e. The highest BCUT2D eigenvalue weighted by molar-refractivity contribution is 8.00. The fourth-order valence-corrected chi connectivity index (χ4v) is 3.20. The van der Waals surface area contributed by atoms with Gasteiger partial charge < -0.3 is 9.64 Å². The molecule has 0 spiro atoms. The standard InChI is InChI=1S/C14H20N2O2S/c1-11(2)18-9-5-8-16-13(17)10-19-14(16)12-6-3-4-7-15-12/h3-4,6-7,11,14H,5,8-10H2,1-2H3. The van der Waals surface area contributed by atoms with Crippen LogP contribution in [0.1, 0.15) is 31.3 Å². The van der Waals surface area contributed by atoms with Gasteiger partial charge >= 0.3 is 0 Å². The maximum atomic E-state index is 11.9. The first-order chi connectivity index (χ1) is 9.18. The summed E-state index contributed by atoms with van der Waals surface area (Å²) in [6.45, 7) is 5.47. The second-order valence-corrected chi connectivity index (χ2v) is 5.85. The summed E-state index contributed by atoms with van der Waals surface area (Å²) in [6, 6.07) is 5.84. The molecular weight excluding hydrogens is 260 g/mol. The number of pyridine rings is 1. The van der Waals surface area contributed by atoms with E-state index in [-0.39, 0.29) is 17.4 Å². The van der Waals surface area contributed by atoms with Gasteiger partial charge in [-0.3, -0.25) is 9.78 Å². The van der Waals surface area contributed by atoms with Crippen LogP contribution in [0.5, 0.6) is 0 Å². The summed E-state index contributed by atoms with van der Waals surface area (Å²) in [5.41, 5.74) is 0.961. The van der Waals surface area contributed by atoms with E-state index in [1.54, 1.807) is 18.0 Å². The first kappa shape index (κ1) is 14.3. The Kier molecular flexibility index (Phi) is 5.22. The molecule has 0 bridgehead atoms. The van der Waals surface area contributed by atoms with E-state index in [4.69, 9.17) is 4.74 Å². The van der Waals surface area contributed by atoms with Gasteiger partial charge in [-0.1, -0.05) is 6.07 Å². The minimum absolute atomic E-state index is 0.0627. The molecule has 0 radical (unpaired) electrons. The van der Waals surface area contributed by atoms with Crippen molar-refractivity contribution in [3.63, 3.8) is 0 Å². The van der Waals surface area contributed by atoms with Crippen LogP contribution in [-0.2, 0) is 9.53 Å². The van der Waals surface area contributed by atoms with Crippen molar-refractivity contribution in [2.45, 2.75) is 31.7 Å². The Hall–Kier alpha value is -1.07. The Morgan fingerprint density at radius 2 is 2.37 bits per heavy atom. The highest BCUT2D eigenvalue weighted by Gasteiger charge is 2.32. The third-order valence-corrected chi connectivity index (χ3v) is 4.13. The van der Waals surface area contributed by atoms with Gasteiger partial charge in [0.25, 0.3) is 0 Å². The van der Waals surface area contributed by atoms with Gasteiger partial charge in [-0.25, -0.2) is 0 Å². The van der Waals surface area contributed by atoms with E-state index >= 15 is 0 Å². The molecule has 5 heteroatoms. The number of hydrogen-bond acceptors (Lipinski definition) is 4. The molecule has 1 aliphatic heterocycles. The van der Waals surface area contributed by atoms with Crippen LogP contribution in [0.25, 0.3) is 0 Å². The highest BCUT2D eigenvalue weighted by Crippen LogP contribution is 2.37. The number of hydrogen-bond donors (Lipinski definition) is 0. The summed E-state index contributed by atoms with van der Waals surface area (Å²) in [5, 5.41) is 0.0627. The van der Waals surface area contributed by atoms with Gasteiger partial charge in [-0.15, -0.1) is 11.8 Å². The molecule has 1 aromatic rings. The van der Waals surface area contributed by atoms with E-state index < -0.39 is 0 Å². The van der Waals surface area contributed by atoms with Crippen molar-refractivity contribution < 1.29 is 9.53 Å². The average Bonchev–Trinajstić information content (AvgIpc) is 2.77. The van der Waals surface area contributed by atoms with E-state index in [1.807, 2.05) is 36.9 Å². The molecule has 0 aliphatic carbocycles. The number of carbonyl (C=O) groups is 1. The molecule has 104 valence electrons. The molecular formula is C14H20N2O2S. The Bertz CT molecular complexity index is 411. The lowest BCUT2D eigenvalue weighted by atomic mass is 10.3. The molecule has 0 aromatic carbocycles. The van der Waals surface area contributed by atoms with Crippen molar-refractivity contribution in [3.8, 4) is 0 Å². The normalized spacial score (nSPS) is 19.4. The van der Waals surface area contributed by atoms with Crippen LogP contribution >= 0.6 is 11.8 Å². The second-order valence-electron chi connectivity index (χ2n) is 4.78. The van der Waals surface area contributed by atoms with Crippen molar-refractivity contribution >= 4 is 17.7 Å². The van der Waals surface area contributed by atoms with Gasteiger partial charge in [-0.2, -0.15) is 0 Å². The average molecular weight is 280 g/mol. The zero-order valence-corrected chi connectivity index (χ0v) is 12.2. The zero-order valence-electron chi connectivity index (χ0n) is 11.4. The SMILES string of the molecule is CC(C)OCCCN1C(=O)CSC1c1ccccn1. The van der Waals surface area contributed by atoms with Crippen LogP contribution in [0.4, 0.5) is 0 Å². The molecule has 4 nitrogen and oxygen atoms in total. The molecule has 1 aromatic heterocycles. The minimum Gasteiger partial charge on any atom is -0.379 e. The smallest absolute Gasteiger partial charge is 0.233 e. The van der Waals surface area contributed by atoms with Crippen LogP contribution in [-0.4, -0.2) is 40.8 Å². The van der Waals surface area contributed by atoms with Crippen LogP contribution in [0.15, 0.2) is 24.4 Å². The first-order valence-electron chi connectivity index (χ1n) is 6.62. The Morgan fingerprint density at radius 3 is 3.05 bits per heavy atom. The molecule has 1 amide bonds. The van der Waals surface area contributed by atoms with Gasteiger partial charge in [0, 0.05) is 19.3 Å². The van der Waals surface area contributed by atoms with Crippen molar-refractivity contribution in [1.82, 2.24) is 9.88 Å². The van der Waals surface area contributed by atoms with Crippen LogP contribution in [0.3, 0.4) is 0 Å². The van der Waals surface area contributed by atoms with Crippen molar-refractivity contribution in [1.29, 1.82) is 0 Å². The number of ether oxygens (including phenoxy) is 1. The van der Waals surface area contributed by atoms with E-state index in [9.17, 15) is 4.79 Å². The number of rotatable bonds is 6. The van der Waals surface area contributed by atoms with E-state index in [0.717, 1.165) is 18.7 Å². The minimum atomic E-state index is 0.0627. The van der Waals surface area contributed by atoms with E-state index in [0.29, 0.717) is 12.4 Å². The Balaban J connectivity index is 1.91. The first-order valence-corrected chi connectivity index (χ1v) is 7.67. The third kappa shape index (κ3) is 3.94. The third-order valence-electron chi connectivity index (χ3n) is 2.90. The van der Waals surface area contributed by atoms with Crippen molar-refractivity contribution in [2.24, 2.45) is 0 Å². The predicted octanol–water partition coefficient (Wildman–Crippen LogP) is 2.47. The summed E-state index contributed by atoms with van der Waals surface area (Å²) < 4.78 is 5.52. The molecule has 1 atom stereocenters. The van der Waals surface area contributed by atoms with Gasteiger partial charge in [0.05, 0.1) is 17.6 Å². The predicted molar refractivity (Wildman–Crippen MR) is 76.9 cm³/mol. The van der Waals surface area contributed by atoms with Crippen LogP contribution < -0.4 is 0 Å². The molecule has 1 unspecified atom stereocenters. The molecule has 0 N–H and O–H groups in total. The number of nitrogens with zero attached hydrogens (tertiary/aromatic N) is 2. The van der Waals surface area contributed by atoms with Gasteiger partial charge in [0.15, 0.2) is 0 Å². The van der Waals surface area contributed by atoms with Crippen LogP contribution in [0.2, 0.25) is 0 Å². The van der Waals surface area contributed by atoms with Gasteiger partial charge in [0.1, 0.15) is 5.37 Å². The molecule has 2 heterocycles. The summed E-state index contributed by atoms with van der Waals surface area (Å²) in [4.78, 5) is 18.2. The number of thioether (sulfide) groups is 1. The maximum Gasteiger partial charge on any atom is 0.233 e. The van der Waals surface area contributed by atoms with Crippen LogP contribution in [0, 0.1) is 0 Å². The lowest BCUT2D eigenvalue weighted by molar-refractivity contribution is -0.128. The number of carbonyl (C=O) groups excluding carboxylic acids is 1. The lowest BCUT2D eigenvalue weighted by Gasteiger charge is -2.23. The Morgan fingerprint density at radius 1 is 1.53 bits per heavy atom. The molecule has 0 saturated carbocycles. The molecule has 19 heavy (non-hydrogen) atoms. The molecule has 1 fully saturated rings. The van der Waals surface area contributed by atoms with Crippen molar-refractivity contribution in [2.75, 3.05) is 18.9 Å². The highest BCUT2D eigenvalue weighted by atomic mass is 32.2. The fraction of sp³-hybridized carbons (Fsp3) is 0.571. The summed E-state index contributed by atoms with van der Waals surface area (Å²) in [6.07, 6.45) is 2.89. The molecule has 1 saturated heterocycles. The summed E-state index contributed by atoms with van der Waals surface area (Å²) in [7, 11) is 0. The topological polar surface area (TPSA) is 42.4 Å². The second kappa shape index (κ2) is 6.91. The Labute approximate surface area is 118 Å². The monoisotopic (exact) mass is 280 g/mol.